The van der Waals surface area contributed by atoms with E-state index < -0.39 is 5.41 Å². The van der Waals surface area contributed by atoms with Crippen molar-refractivity contribution < 1.29 is 21.7 Å². The molecule has 0 radical (unpaired) electrons. The van der Waals surface area contributed by atoms with E-state index in [0.29, 0.717) is 19.0 Å². The average Bonchev–Trinajstić information content (AvgIpc) is 2.46. The topological polar surface area (TPSA) is 82.9 Å². The fourth-order valence-corrected chi connectivity index (χ4v) is 2.99. The summed E-state index contributed by atoms with van der Waals surface area (Å²) in [6.45, 7) is 1.25. The van der Waals surface area contributed by atoms with Gasteiger partial charge in [-0.2, -0.15) is 5.26 Å². The first kappa shape index (κ1) is 17.0. The molecular formula is C14H17BrN3OS-. The van der Waals surface area contributed by atoms with Crippen LogP contribution in [0, 0.1) is 16.7 Å². The molecule has 1 fully saturated rings. The predicted molar refractivity (Wildman–Crippen MR) is 77.0 cm³/mol. The summed E-state index contributed by atoms with van der Waals surface area (Å²) in [6.07, 6.45) is 1.45. The van der Waals surface area contributed by atoms with Crippen molar-refractivity contribution in [2.45, 2.75) is 24.0 Å². The monoisotopic (exact) mass is 354 g/mol. The number of hydrogen-bond acceptors (Lipinski definition) is 4. The maximum absolute atomic E-state index is 9.62. The zero-order valence-electron chi connectivity index (χ0n) is 11.1. The normalized spacial score (nSPS) is 16.8. The maximum Gasteiger partial charge on any atom is 0.151 e. The van der Waals surface area contributed by atoms with Crippen LogP contribution < -0.4 is 22.7 Å². The Morgan fingerprint density at radius 1 is 1.40 bits per heavy atom. The van der Waals surface area contributed by atoms with Crippen molar-refractivity contribution in [1.82, 2.24) is 0 Å². The van der Waals surface area contributed by atoms with Gasteiger partial charge in [0.15, 0.2) is 5.17 Å². The van der Waals surface area contributed by atoms with E-state index in [1.807, 2.05) is 24.3 Å². The van der Waals surface area contributed by atoms with E-state index in [1.165, 1.54) is 11.8 Å². The van der Waals surface area contributed by atoms with Crippen molar-refractivity contribution in [3.8, 4) is 6.07 Å². The van der Waals surface area contributed by atoms with Gasteiger partial charge in [0, 0.05) is 19.0 Å². The molecule has 1 aliphatic heterocycles. The van der Waals surface area contributed by atoms with Gasteiger partial charge in [-0.25, -0.2) is 0 Å². The molecule has 20 heavy (non-hydrogen) atoms. The van der Waals surface area contributed by atoms with Gasteiger partial charge in [0.2, 0.25) is 0 Å². The van der Waals surface area contributed by atoms with E-state index in [2.05, 4.69) is 6.07 Å². The minimum atomic E-state index is -0.452. The van der Waals surface area contributed by atoms with Crippen LogP contribution in [0.4, 0.5) is 0 Å². The van der Waals surface area contributed by atoms with Gasteiger partial charge in [-0.05, 0) is 24.0 Å². The molecule has 1 aliphatic rings. The van der Waals surface area contributed by atoms with Crippen molar-refractivity contribution in [1.29, 1.82) is 10.7 Å². The number of hydrogen-bond donors (Lipinski definition) is 2. The summed E-state index contributed by atoms with van der Waals surface area (Å²) in [7, 11) is 0. The Kier molecular flexibility index (Phi) is 6.53. The Bertz CT molecular complexity index is 509. The summed E-state index contributed by atoms with van der Waals surface area (Å²) in [5.74, 6) is 0.635. The highest BCUT2D eigenvalue weighted by Crippen LogP contribution is 2.37. The number of ether oxygens (including phenoxy) is 1. The minimum Gasteiger partial charge on any atom is -1.00 e. The van der Waals surface area contributed by atoms with Crippen LogP contribution in [0.3, 0.4) is 0 Å². The molecule has 3 N–H and O–H groups in total. The van der Waals surface area contributed by atoms with Crippen LogP contribution in [0.5, 0.6) is 0 Å². The highest BCUT2D eigenvalue weighted by molar-refractivity contribution is 8.13. The second kappa shape index (κ2) is 7.67. The van der Waals surface area contributed by atoms with Crippen LogP contribution in [0.1, 0.15) is 24.0 Å². The number of nitrogens with one attached hydrogen (secondary N) is 1. The SMILES string of the molecule is N#CC1(c2ccccc2CSC(=N)N)CCOCC1.[Br-]. The number of nitrogens with zero attached hydrogens (tertiary/aromatic N) is 1. The van der Waals surface area contributed by atoms with Gasteiger partial charge in [-0.1, -0.05) is 36.0 Å². The second-order valence-electron chi connectivity index (χ2n) is 4.62. The number of benzene rings is 1. The van der Waals surface area contributed by atoms with Crippen molar-refractivity contribution in [2.24, 2.45) is 5.73 Å². The van der Waals surface area contributed by atoms with Crippen molar-refractivity contribution in [2.75, 3.05) is 13.2 Å². The molecule has 0 amide bonds. The van der Waals surface area contributed by atoms with Gasteiger partial charge >= 0.3 is 0 Å². The number of thioether (sulfide) groups is 1. The molecule has 1 saturated heterocycles. The number of halogens is 1. The van der Waals surface area contributed by atoms with Crippen molar-refractivity contribution >= 4 is 16.9 Å². The molecule has 0 bridgehead atoms. The number of rotatable bonds is 3. The van der Waals surface area contributed by atoms with Crippen LogP contribution in [-0.2, 0) is 15.9 Å². The summed E-state index contributed by atoms with van der Waals surface area (Å²) < 4.78 is 5.38. The van der Waals surface area contributed by atoms with E-state index in [-0.39, 0.29) is 22.1 Å². The van der Waals surface area contributed by atoms with Crippen LogP contribution in [-0.4, -0.2) is 18.4 Å². The number of nitriles is 1. The van der Waals surface area contributed by atoms with Crippen molar-refractivity contribution in [3.05, 3.63) is 35.4 Å². The third-order valence-corrected chi connectivity index (χ3v) is 4.24. The van der Waals surface area contributed by atoms with E-state index in [9.17, 15) is 5.26 Å². The van der Waals surface area contributed by atoms with Crippen LogP contribution in [0.15, 0.2) is 24.3 Å². The Morgan fingerprint density at radius 2 is 2.05 bits per heavy atom. The smallest absolute Gasteiger partial charge is 0.151 e. The molecule has 1 aromatic carbocycles. The zero-order valence-corrected chi connectivity index (χ0v) is 13.5. The lowest BCUT2D eigenvalue weighted by molar-refractivity contribution is -0.00000622. The van der Waals surface area contributed by atoms with E-state index >= 15 is 0 Å². The summed E-state index contributed by atoms with van der Waals surface area (Å²) in [4.78, 5) is 0. The molecule has 0 aromatic heterocycles. The number of amidine groups is 1. The molecule has 0 atom stereocenters. The highest BCUT2D eigenvalue weighted by atomic mass is 79.9. The molecule has 0 spiro atoms. The van der Waals surface area contributed by atoms with Crippen LogP contribution >= 0.6 is 11.8 Å². The summed E-state index contributed by atoms with van der Waals surface area (Å²) in [6, 6.07) is 10.4. The van der Waals surface area contributed by atoms with Crippen LogP contribution in [0.2, 0.25) is 0 Å². The number of nitrogens with two attached hydrogens (primary N) is 1. The first-order chi connectivity index (χ1) is 9.18. The van der Waals surface area contributed by atoms with Gasteiger partial charge in [-0.3, -0.25) is 5.41 Å². The first-order valence-electron chi connectivity index (χ1n) is 6.22. The van der Waals surface area contributed by atoms with Crippen molar-refractivity contribution in [3.63, 3.8) is 0 Å². The van der Waals surface area contributed by atoms with Gasteiger partial charge in [0.05, 0.1) is 11.5 Å². The fraction of sp³-hybridized carbons (Fsp3) is 0.429. The summed E-state index contributed by atoms with van der Waals surface area (Å²) >= 11 is 1.29. The lowest BCUT2D eigenvalue weighted by atomic mass is 9.74. The fourth-order valence-electron chi connectivity index (χ4n) is 2.43. The maximum atomic E-state index is 9.62. The summed E-state index contributed by atoms with van der Waals surface area (Å²) in [5.41, 5.74) is 7.10. The van der Waals surface area contributed by atoms with Gasteiger partial charge in [0.1, 0.15) is 0 Å². The first-order valence-corrected chi connectivity index (χ1v) is 7.21. The molecule has 2 rings (SSSR count). The molecule has 0 aliphatic carbocycles. The predicted octanol–water partition coefficient (Wildman–Crippen LogP) is -0.611. The Labute approximate surface area is 134 Å². The third kappa shape index (κ3) is 3.75. The van der Waals surface area contributed by atoms with E-state index in [0.717, 1.165) is 24.0 Å². The standard InChI is InChI=1S/C14H17N3OS.BrH/c15-10-14(5-7-18-8-6-14)12-4-2-1-3-11(12)9-19-13(16)17;/h1-4H,5-9H2,(H3,16,17);1H/p-1. The second-order valence-corrected chi connectivity index (χ2v) is 5.63. The molecule has 6 heteroatoms. The Balaban J connectivity index is 0.00000200. The van der Waals surface area contributed by atoms with Gasteiger partial charge in [-0.15, -0.1) is 0 Å². The molecule has 0 saturated carbocycles. The highest BCUT2D eigenvalue weighted by Gasteiger charge is 2.36. The van der Waals surface area contributed by atoms with E-state index in [4.69, 9.17) is 15.9 Å². The molecular weight excluding hydrogens is 338 g/mol. The lowest BCUT2D eigenvalue weighted by Gasteiger charge is -2.32. The third-order valence-electron chi connectivity index (χ3n) is 3.48. The Morgan fingerprint density at radius 3 is 2.65 bits per heavy atom. The quantitative estimate of drug-likeness (QED) is 0.560. The molecule has 1 heterocycles. The van der Waals surface area contributed by atoms with Crippen LogP contribution in [0.25, 0.3) is 0 Å². The van der Waals surface area contributed by atoms with E-state index in [1.54, 1.807) is 0 Å². The largest absolute Gasteiger partial charge is 1.00 e. The Hall–Kier alpha value is -1.03. The molecule has 108 valence electrons. The molecule has 1 aromatic rings. The zero-order chi connectivity index (χ0) is 13.7. The minimum absolute atomic E-state index is 0. The van der Waals surface area contributed by atoms with Gasteiger partial charge < -0.3 is 27.5 Å². The van der Waals surface area contributed by atoms with Gasteiger partial charge in [0.25, 0.3) is 0 Å². The average molecular weight is 355 g/mol. The summed E-state index contributed by atoms with van der Waals surface area (Å²) in [5, 5.41) is 17.0. The molecule has 4 nitrogen and oxygen atoms in total. The molecule has 0 unspecified atom stereocenters. The lowest BCUT2D eigenvalue weighted by Crippen LogP contribution is -3.00.